The van der Waals surface area contributed by atoms with Crippen LogP contribution in [0.4, 0.5) is 13.2 Å². The lowest BCUT2D eigenvalue weighted by Crippen LogP contribution is -2.31. The summed E-state index contributed by atoms with van der Waals surface area (Å²) in [6, 6.07) is 1.17. The lowest BCUT2D eigenvalue weighted by Gasteiger charge is -2.26. The lowest BCUT2D eigenvalue weighted by atomic mass is 10.1. The highest BCUT2D eigenvalue weighted by atomic mass is 35.5. The molecular weight excluding hydrogens is 293 g/mol. The first-order valence-electron chi connectivity index (χ1n) is 6.28. The Hall–Kier alpha value is -1.34. The zero-order valence-electron chi connectivity index (χ0n) is 10.4. The van der Waals surface area contributed by atoms with Crippen molar-refractivity contribution in [1.82, 2.24) is 19.9 Å². The molecule has 1 aliphatic rings. The summed E-state index contributed by atoms with van der Waals surface area (Å²) < 4.78 is 40.8. The quantitative estimate of drug-likeness (QED) is 0.880. The molecule has 0 spiro atoms. The molecule has 2 aromatic heterocycles. The zero-order valence-corrected chi connectivity index (χ0v) is 11.2. The number of nitrogens with one attached hydrogen (secondary N) is 1. The molecule has 0 aromatic carbocycles. The van der Waals surface area contributed by atoms with Gasteiger partial charge >= 0.3 is 6.18 Å². The van der Waals surface area contributed by atoms with Crippen molar-refractivity contribution < 1.29 is 13.2 Å². The number of piperidine rings is 1. The van der Waals surface area contributed by atoms with E-state index in [0.717, 1.165) is 0 Å². The van der Waals surface area contributed by atoms with Gasteiger partial charge in [0.05, 0.1) is 5.02 Å². The first kappa shape index (κ1) is 13.6. The maximum Gasteiger partial charge on any atom is 0.449 e. The molecule has 1 aliphatic heterocycles. The topological polar surface area (TPSA) is 42.7 Å². The van der Waals surface area contributed by atoms with Gasteiger partial charge in [-0.1, -0.05) is 11.6 Å². The highest BCUT2D eigenvalue weighted by Gasteiger charge is 2.39. The largest absolute Gasteiger partial charge is 0.449 e. The first-order chi connectivity index (χ1) is 9.47. The van der Waals surface area contributed by atoms with Crippen LogP contribution in [0.2, 0.25) is 5.02 Å². The Balaban J connectivity index is 2.20. The number of pyridine rings is 1. The van der Waals surface area contributed by atoms with Gasteiger partial charge in [0.15, 0.2) is 5.65 Å². The van der Waals surface area contributed by atoms with Crippen LogP contribution >= 0.6 is 11.6 Å². The van der Waals surface area contributed by atoms with Crippen LogP contribution in [-0.2, 0) is 6.18 Å². The average molecular weight is 305 g/mol. The second kappa shape index (κ2) is 4.89. The van der Waals surface area contributed by atoms with Crippen molar-refractivity contribution in [2.45, 2.75) is 25.1 Å². The average Bonchev–Trinajstić information content (AvgIpc) is 2.78. The highest BCUT2D eigenvalue weighted by Crippen LogP contribution is 2.35. The Bertz CT molecular complexity index is 631. The van der Waals surface area contributed by atoms with E-state index in [4.69, 9.17) is 11.6 Å². The number of halogens is 4. The van der Waals surface area contributed by atoms with Gasteiger partial charge in [-0.15, -0.1) is 0 Å². The van der Waals surface area contributed by atoms with Crippen LogP contribution in [-0.4, -0.2) is 27.6 Å². The Morgan fingerprint density at radius 1 is 1.30 bits per heavy atom. The number of fused-ring (bicyclic) bond motifs is 1. The zero-order chi connectivity index (χ0) is 14.3. The molecule has 0 unspecified atom stereocenters. The molecule has 0 aliphatic carbocycles. The summed E-state index contributed by atoms with van der Waals surface area (Å²) in [5, 5.41) is 3.41. The molecule has 0 radical (unpaired) electrons. The van der Waals surface area contributed by atoms with Crippen LogP contribution < -0.4 is 5.32 Å². The van der Waals surface area contributed by atoms with Gasteiger partial charge < -0.3 is 9.88 Å². The van der Waals surface area contributed by atoms with Gasteiger partial charge in [-0.2, -0.15) is 13.2 Å². The molecule has 1 N–H and O–H groups in total. The standard InChI is InChI=1S/C12H12ClF3N4/c13-7-5-9-10(18-6-7)20(8-1-3-17-4-2-8)11(19-9)12(14,15)16/h5-6,8,17H,1-4H2. The number of hydrogen-bond donors (Lipinski definition) is 1. The Kier molecular flexibility index (Phi) is 3.33. The number of alkyl halides is 3. The van der Waals surface area contributed by atoms with E-state index in [0.29, 0.717) is 25.9 Å². The summed E-state index contributed by atoms with van der Waals surface area (Å²) in [4.78, 5) is 7.73. The molecule has 3 rings (SSSR count). The minimum absolute atomic E-state index is 0.184. The van der Waals surface area contributed by atoms with Crippen molar-refractivity contribution in [3.05, 3.63) is 23.1 Å². The highest BCUT2D eigenvalue weighted by molar-refractivity contribution is 6.31. The summed E-state index contributed by atoms with van der Waals surface area (Å²) >= 11 is 5.78. The Morgan fingerprint density at radius 2 is 2.00 bits per heavy atom. The van der Waals surface area contributed by atoms with Gasteiger partial charge in [0, 0.05) is 12.2 Å². The molecule has 2 aromatic rings. The predicted molar refractivity (Wildman–Crippen MR) is 68.7 cm³/mol. The first-order valence-corrected chi connectivity index (χ1v) is 6.66. The second-order valence-electron chi connectivity index (χ2n) is 4.78. The maximum atomic E-state index is 13.2. The third-order valence-corrected chi connectivity index (χ3v) is 3.63. The van der Waals surface area contributed by atoms with Crippen LogP contribution in [0.1, 0.15) is 24.7 Å². The number of rotatable bonds is 1. The van der Waals surface area contributed by atoms with E-state index >= 15 is 0 Å². The van der Waals surface area contributed by atoms with Crippen LogP contribution in [0, 0.1) is 0 Å². The Labute approximate surface area is 118 Å². The van der Waals surface area contributed by atoms with Gasteiger partial charge in [-0.3, -0.25) is 0 Å². The molecule has 1 fully saturated rings. The fourth-order valence-electron chi connectivity index (χ4n) is 2.57. The van der Waals surface area contributed by atoms with E-state index in [1.54, 1.807) is 0 Å². The number of imidazole rings is 1. The van der Waals surface area contributed by atoms with Crippen molar-refractivity contribution in [3.63, 3.8) is 0 Å². The summed E-state index contributed by atoms with van der Waals surface area (Å²) in [5.74, 6) is -0.894. The van der Waals surface area contributed by atoms with Crippen LogP contribution in [0.25, 0.3) is 11.2 Å². The van der Waals surface area contributed by atoms with Gasteiger partial charge in [0.25, 0.3) is 0 Å². The predicted octanol–water partition coefficient (Wildman–Crippen LogP) is 3.03. The normalized spacial score (nSPS) is 17.8. The third kappa shape index (κ3) is 2.35. The fraction of sp³-hybridized carbons (Fsp3) is 0.500. The lowest BCUT2D eigenvalue weighted by molar-refractivity contribution is -0.147. The molecular formula is C12H12ClF3N4. The van der Waals surface area contributed by atoms with Gasteiger partial charge in [-0.05, 0) is 32.0 Å². The minimum atomic E-state index is -4.50. The molecule has 0 saturated carbocycles. The maximum absolute atomic E-state index is 13.2. The molecule has 0 amide bonds. The van der Waals surface area contributed by atoms with Gasteiger partial charge in [0.2, 0.25) is 5.82 Å². The van der Waals surface area contributed by atoms with E-state index in [1.807, 2.05) is 0 Å². The Morgan fingerprint density at radius 3 is 2.65 bits per heavy atom. The van der Waals surface area contributed by atoms with E-state index in [-0.39, 0.29) is 22.2 Å². The monoisotopic (exact) mass is 304 g/mol. The third-order valence-electron chi connectivity index (χ3n) is 3.42. The molecule has 0 bridgehead atoms. The van der Waals surface area contributed by atoms with E-state index in [1.165, 1.54) is 16.8 Å². The number of aromatic nitrogens is 3. The van der Waals surface area contributed by atoms with E-state index < -0.39 is 12.0 Å². The molecule has 3 heterocycles. The van der Waals surface area contributed by atoms with Crippen molar-refractivity contribution in [2.24, 2.45) is 0 Å². The summed E-state index contributed by atoms with van der Waals surface area (Å²) in [6.45, 7) is 1.38. The molecule has 20 heavy (non-hydrogen) atoms. The van der Waals surface area contributed by atoms with E-state index in [2.05, 4.69) is 15.3 Å². The SMILES string of the molecule is FC(F)(F)c1nc2cc(Cl)cnc2n1C1CCNCC1. The van der Waals surface area contributed by atoms with Crippen molar-refractivity contribution in [3.8, 4) is 0 Å². The minimum Gasteiger partial charge on any atom is -0.317 e. The van der Waals surface area contributed by atoms with Gasteiger partial charge in [0.1, 0.15) is 5.52 Å². The van der Waals surface area contributed by atoms with Crippen LogP contribution in [0.15, 0.2) is 12.3 Å². The van der Waals surface area contributed by atoms with Crippen molar-refractivity contribution in [1.29, 1.82) is 0 Å². The molecule has 108 valence electrons. The molecule has 0 atom stereocenters. The van der Waals surface area contributed by atoms with Crippen molar-refractivity contribution >= 4 is 22.8 Å². The van der Waals surface area contributed by atoms with Crippen LogP contribution in [0.3, 0.4) is 0 Å². The number of hydrogen-bond acceptors (Lipinski definition) is 3. The smallest absolute Gasteiger partial charge is 0.317 e. The summed E-state index contributed by atoms with van der Waals surface area (Å²) in [6.07, 6.45) is -1.90. The molecule has 4 nitrogen and oxygen atoms in total. The molecule has 1 saturated heterocycles. The summed E-state index contributed by atoms with van der Waals surface area (Å²) in [5.41, 5.74) is 0.428. The van der Waals surface area contributed by atoms with Gasteiger partial charge in [-0.25, -0.2) is 9.97 Å². The van der Waals surface area contributed by atoms with E-state index in [9.17, 15) is 13.2 Å². The van der Waals surface area contributed by atoms with Crippen molar-refractivity contribution in [2.75, 3.05) is 13.1 Å². The summed E-state index contributed by atoms with van der Waals surface area (Å²) in [7, 11) is 0. The number of nitrogens with zero attached hydrogens (tertiary/aromatic N) is 3. The second-order valence-corrected chi connectivity index (χ2v) is 5.22. The van der Waals surface area contributed by atoms with Crippen LogP contribution in [0.5, 0.6) is 0 Å². The molecule has 8 heteroatoms. The fourth-order valence-corrected chi connectivity index (χ4v) is 2.72.